The molecule has 1 fully saturated rings. The van der Waals surface area contributed by atoms with Gasteiger partial charge in [0.2, 0.25) is 17.7 Å². The first-order valence-electron chi connectivity index (χ1n) is 9.47. The van der Waals surface area contributed by atoms with Gasteiger partial charge in [-0.3, -0.25) is 14.4 Å². The molecular formula is C19H26N4O7. The monoisotopic (exact) mass is 422 g/mol. The van der Waals surface area contributed by atoms with Gasteiger partial charge in [-0.25, -0.2) is 4.79 Å². The van der Waals surface area contributed by atoms with Crippen molar-refractivity contribution in [3.05, 3.63) is 29.8 Å². The Balaban J connectivity index is 1.88. The maximum Gasteiger partial charge on any atom is 0.326 e. The Hall–Kier alpha value is -3.18. The summed E-state index contributed by atoms with van der Waals surface area (Å²) in [7, 11) is 0. The zero-order valence-electron chi connectivity index (χ0n) is 16.3. The summed E-state index contributed by atoms with van der Waals surface area (Å²) in [6.07, 6.45) is 0.983. The van der Waals surface area contributed by atoms with Crippen molar-refractivity contribution in [3.8, 4) is 5.75 Å². The van der Waals surface area contributed by atoms with Gasteiger partial charge in [-0.15, -0.1) is 0 Å². The third-order valence-corrected chi connectivity index (χ3v) is 4.79. The van der Waals surface area contributed by atoms with Gasteiger partial charge in [-0.2, -0.15) is 0 Å². The third-order valence-electron chi connectivity index (χ3n) is 4.79. The van der Waals surface area contributed by atoms with Crippen LogP contribution in [0.1, 0.15) is 18.4 Å². The minimum Gasteiger partial charge on any atom is -0.508 e. The number of nitrogens with two attached hydrogens (primary N) is 1. The molecule has 11 heteroatoms. The molecule has 11 nitrogen and oxygen atoms in total. The van der Waals surface area contributed by atoms with Crippen LogP contribution in [0.4, 0.5) is 0 Å². The molecule has 1 aliphatic heterocycles. The zero-order valence-corrected chi connectivity index (χ0v) is 16.3. The predicted octanol–water partition coefficient (Wildman–Crippen LogP) is -2.07. The van der Waals surface area contributed by atoms with Crippen molar-refractivity contribution < 1.29 is 34.5 Å². The average Bonchev–Trinajstić information content (AvgIpc) is 3.21. The topological polar surface area (TPSA) is 182 Å². The number of carbonyl (C=O) groups is 4. The maximum atomic E-state index is 12.4. The van der Waals surface area contributed by atoms with Crippen LogP contribution in [-0.2, 0) is 25.6 Å². The van der Waals surface area contributed by atoms with Crippen LogP contribution in [0.15, 0.2) is 24.3 Å². The molecule has 0 saturated carbocycles. The van der Waals surface area contributed by atoms with E-state index in [2.05, 4.69) is 10.6 Å². The van der Waals surface area contributed by atoms with Gasteiger partial charge < -0.3 is 36.6 Å². The lowest BCUT2D eigenvalue weighted by Gasteiger charge is -2.26. The Morgan fingerprint density at radius 1 is 1.20 bits per heavy atom. The first-order chi connectivity index (χ1) is 14.2. The third kappa shape index (κ3) is 6.16. The van der Waals surface area contributed by atoms with Crippen molar-refractivity contribution in [2.45, 2.75) is 37.4 Å². The second-order valence-electron chi connectivity index (χ2n) is 7.03. The van der Waals surface area contributed by atoms with Gasteiger partial charge in [0, 0.05) is 13.0 Å². The molecule has 1 heterocycles. The van der Waals surface area contributed by atoms with E-state index in [9.17, 15) is 29.4 Å². The van der Waals surface area contributed by atoms with Gasteiger partial charge in [0.15, 0.2) is 0 Å². The van der Waals surface area contributed by atoms with Crippen LogP contribution in [-0.4, -0.2) is 81.7 Å². The van der Waals surface area contributed by atoms with Gasteiger partial charge in [-0.05, 0) is 30.5 Å². The Morgan fingerprint density at radius 2 is 1.87 bits per heavy atom. The number of carboxylic acid groups (broad SMARTS) is 1. The lowest BCUT2D eigenvalue weighted by molar-refractivity contribution is -0.142. The zero-order chi connectivity index (χ0) is 22.3. The molecule has 2 rings (SSSR count). The van der Waals surface area contributed by atoms with Gasteiger partial charge in [0.05, 0.1) is 13.2 Å². The molecule has 0 aromatic heterocycles. The predicted molar refractivity (Wildman–Crippen MR) is 104 cm³/mol. The van der Waals surface area contributed by atoms with Gasteiger partial charge in [0.25, 0.3) is 0 Å². The number of aromatic hydroxyl groups is 1. The summed E-state index contributed by atoms with van der Waals surface area (Å²) in [4.78, 5) is 49.4. The number of phenols is 1. The number of aliphatic carboxylic acids is 1. The second-order valence-corrected chi connectivity index (χ2v) is 7.03. The normalized spacial score (nSPS) is 17.8. The molecule has 1 aromatic carbocycles. The minimum absolute atomic E-state index is 0.000742. The molecule has 0 radical (unpaired) electrons. The summed E-state index contributed by atoms with van der Waals surface area (Å²) in [5.41, 5.74) is 6.13. The maximum absolute atomic E-state index is 12.4. The van der Waals surface area contributed by atoms with Crippen LogP contribution >= 0.6 is 0 Å². The number of nitrogens with one attached hydrogen (secondary N) is 2. The average molecular weight is 422 g/mol. The molecule has 0 bridgehead atoms. The number of rotatable bonds is 9. The highest BCUT2D eigenvalue weighted by atomic mass is 16.4. The molecule has 0 spiro atoms. The molecule has 3 amide bonds. The molecule has 7 N–H and O–H groups in total. The largest absolute Gasteiger partial charge is 0.508 e. The van der Waals surface area contributed by atoms with E-state index in [1.165, 1.54) is 17.0 Å². The number of hydrogen-bond acceptors (Lipinski definition) is 7. The van der Waals surface area contributed by atoms with Crippen LogP contribution in [0.3, 0.4) is 0 Å². The highest BCUT2D eigenvalue weighted by molar-refractivity contribution is 5.93. The number of aliphatic hydroxyl groups excluding tert-OH is 1. The van der Waals surface area contributed by atoms with E-state index < -0.39 is 55.0 Å². The van der Waals surface area contributed by atoms with Crippen molar-refractivity contribution in [1.29, 1.82) is 0 Å². The van der Waals surface area contributed by atoms with Crippen LogP contribution in [0.25, 0.3) is 0 Å². The minimum atomic E-state index is -1.24. The summed E-state index contributed by atoms with van der Waals surface area (Å²) in [5, 5.41) is 32.4. The standard InChI is InChI=1S/C19H26N4O7/c20-13(10-24)18(28)23-7-1-2-15(23)17(27)21-9-16(26)22-14(19(29)30)8-11-3-5-12(25)6-4-11/h3-6,13-15,24-25H,1-2,7-10,20H2,(H,21,27)(H,22,26)(H,29,30). The van der Waals surface area contributed by atoms with E-state index in [0.717, 1.165) is 0 Å². The molecule has 30 heavy (non-hydrogen) atoms. The van der Waals surface area contributed by atoms with Gasteiger partial charge in [0.1, 0.15) is 23.9 Å². The summed E-state index contributed by atoms with van der Waals surface area (Å²) in [6.45, 7) is -0.670. The number of likely N-dealkylation sites (tertiary alicyclic amines) is 1. The smallest absolute Gasteiger partial charge is 0.326 e. The number of phenolic OH excluding ortho intramolecular Hbond substituents is 1. The first kappa shape index (κ1) is 23.1. The number of amides is 3. The van der Waals surface area contributed by atoms with Crippen molar-refractivity contribution in [2.75, 3.05) is 19.7 Å². The molecule has 1 aliphatic rings. The summed E-state index contributed by atoms with van der Waals surface area (Å²) in [5.74, 6) is -2.99. The van der Waals surface area contributed by atoms with Crippen molar-refractivity contribution >= 4 is 23.7 Å². The number of carboxylic acids is 1. The lowest BCUT2D eigenvalue weighted by Crippen LogP contribution is -2.53. The molecule has 3 atom stereocenters. The van der Waals surface area contributed by atoms with E-state index in [1.807, 2.05) is 0 Å². The van der Waals surface area contributed by atoms with Crippen molar-refractivity contribution in [1.82, 2.24) is 15.5 Å². The van der Waals surface area contributed by atoms with Crippen LogP contribution < -0.4 is 16.4 Å². The lowest BCUT2D eigenvalue weighted by atomic mass is 10.1. The molecule has 3 unspecified atom stereocenters. The number of benzene rings is 1. The molecule has 1 saturated heterocycles. The van der Waals surface area contributed by atoms with E-state index in [1.54, 1.807) is 12.1 Å². The van der Waals surface area contributed by atoms with Crippen LogP contribution in [0, 0.1) is 0 Å². The fraction of sp³-hybridized carbons (Fsp3) is 0.474. The Bertz CT molecular complexity index is 784. The second kappa shape index (κ2) is 10.6. The number of carbonyl (C=O) groups excluding carboxylic acids is 3. The summed E-state index contributed by atoms with van der Waals surface area (Å²) in [6, 6.07) is 2.78. The molecule has 164 valence electrons. The van der Waals surface area contributed by atoms with Crippen molar-refractivity contribution in [2.24, 2.45) is 5.73 Å². The molecule has 1 aromatic rings. The van der Waals surface area contributed by atoms with Gasteiger partial charge >= 0.3 is 5.97 Å². The van der Waals surface area contributed by atoms with E-state index in [0.29, 0.717) is 24.9 Å². The SMILES string of the molecule is NC(CO)C(=O)N1CCCC1C(=O)NCC(=O)NC(Cc1ccc(O)cc1)C(=O)O. The highest BCUT2D eigenvalue weighted by Crippen LogP contribution is 2.18. The van der Waals surface area contributed by atoms with Crippen molar-refractivity contribution in [3.63, 3.8) is 0 Å². The highest BCUT2D eigenvalue weighted by Gasteiger charge is 2.36. The van der Waals surface area contributed by atoms with E-state index in [-0.39, 0.29) is 12.2 Å². The Kier molecular flexibility index (Phi) is 8.13. The number of hydrogen-bond donors (Lipinski definition) is 6. The van der Waals surface area contributed by atoms with E-state index in [4.69, 9.17) is 10.8 Å². The Labute approximate surface area is 172 Å². The van der Waals surface area contributed by atoms with Crippen LogP contribution in [0.5, 0.6) is 5.75 Å². The number of nitrogens with zero attached hydrogens (tertiary/aromatic N) is 1. The summed E-state index contributed by atoms with van der Waals surface area (Å²) >= 11 is 0. The Morgan fingerprint density at radius 3 is 2.47 bits per heavy atom. The number of aliphatic hydroxyl groups is 1. The quantitative estimate of drug-likeness (QED) is 0.262. The molecule has 0 aliphatic carbocycles. The first-order valence-corrected chi connectivity index (χ1v) is 9.47. The molecular weight excluding hydrogens is 396 g/mol. The summed E-state index contributed by atoms with van der Waals surface area (Å²) < 4.78 is 0. The fourth-order valence-corrected chi connectivity index (χ4v) is 3.19. The van der Waals surface area contributed by atoms with Crippen LogP contribution in [0.2, 0.25) is 0 Å². The van der Waals surface area contributed by atoms with E-state index >= 15 is 0 Å². The van der Waals surface area contributed by atoms with Gasteiger partial charge in [-0.1, -0.05) is 12.1 Å². The fourth-order valence-electron chi connectivity index (χ4n) is 3.19.